The van der Waals surface area contributed by atoms with Gasteiger partial charge >= 0.3 is 0 Å². The van der Waals surface area contributed by atoms with Gasteiger partial charge in [0.1, 0.15) is 0 Å². The zero-order valence-corrected chi connectivity index (χ0v) is 10.3. The minimum Gasteiger partial charge on any atom is -0.381 e. The van der Waals surface area contributed by atoms with E-state index in [1.807, 2.05) is 0 Å². The predicted molar refractivity (Wildman–Crippen MR) is 65.2 cm³/mol. The lowest BCUT2D eigenvalue weighted by Gasteiger charge is -2.21. The van der Waals surface area contributed by atoms with Gasteiger partial charge in [-0.1, -0.05) is 26.2 Å². The van der Waals surface area contributed by atoms with Crippen LogP contribution in [0.25, 0.3) is 0 Å². The van der Waals surface area contributed by atoms with Gasteiger partial charge in [0.25, 0.3) is 0 Å². The molecule has 2 nitrogen and oxygen atoms in total. The smallest absolute Gasteiger partial charge is 0.0494 e. The van der Waals surface area contributed by atoms with Gasteiger partial charge in [-0.25, -0.2) is 0 Å². The Balaban J connectivity index is 1.79. The first-order valence-electron chi connectivity index (χ1n) is 6.72. The number of hydrogen-bond donors (Lipinski definition) is 1. The standard InChI is InChI=1S/C13H27NO/c1-2-9-14-10-6-11-15-12-13-7-4-3-5-8-13/h13-14H,2-12H2,1H3. The third-order valence-corrected chi connectivity index (χ3v) is 3.15. The highest BCUT2D eigenvalue weighted by Crippen LogP contribution is 2.23. The van der Waals surface area contributed by atoms with E-state index in [0.717, 1.165) is 38.6 Å². The molecule has 0 bridgehead atoms. The molecule has 15 heavy (non-hydrogen) atoms. The molecule has 90 valence electrons. The number of rotatable bonds is 8. The fourth-order valence-corrected chi connectivity index (χ4v) is 2.20. The molecule has 1 aliphatic rings. The van der Waals surface area contributed by atoms with E-state index in [9.17, 15) is 0 Å². The van der Waals surface area contributed by atoms with Crippen molar-refractivity contribution in [2.75, 3.05) is 26.3 Å². The third kappa shape index (κ3) is 6.91. The molecule has 2 heteroatoms. The first-order valence-corrected chi connectivity index (χ1v) is 6.72. The molecule has 0 spiro atoms. The maximum atomic E-state index is 5.71. The Morgan fingerprint density at radius 3 is 2.67 bits per heavy atom. The van der Waals surface area contributed by atoms with Gasteiger partial charge in [-0.3, -0.25) is 0 Å². The Labute approximate surface area is 94.8 Å². The average molecular weight is 213 g/mol. The monoisotopic (exact) mass is 213 g/mol. The fraction of sp³-hybridized carbons (Fsp3) is 1.00. The Morgan fingerprint density at radius 2 is 1.93 bits per heavy atom. The van der Waals surface area contributed by atoms with Crippen LogP contribution >= 0.6 is 0 Å². The molecule has 0 aromatic carbocycles. The molecule has 0 saturated heterocycles. The molecule has 0 aromatic rings. The van der Waals surface area contributed by atoms with Crippen LogP contribution in [0.1, 0.15) is 51.9 Å². The molecule has 0 aliphatic heterocycles. The van der Waals surface area contributed by atoms with Crippen LogP contribution in [0, 0.1) is 5.92 Å². The van der Waals surface area contributed by atoms with Crippen LogP contribution < -0.4 is 5.32 Å². The van der Waals surface area contributed by atoms with Gasteiger partial charge in [-0.05, 0) is 44.7 Å². The van der Waals surface area contributed by atoms with Crippen LogP contribution in [-0.4, -0.2) is 26.3 Å². The van der Waals surface area contributed by atoms with Crippen molar-refractivity contribution < 1.29 is 4.74 Å². The Morgan fingerprint density at radius 1 is 1.13 bits per heavy atom. The van der Waals surface area contributed by atoms with Gasteiger partial charge in [0, 0.05) is 13.2 Å². The summed E-state index contributed by atoms with van der Waals surface area (Å²) in [6, 6.07) is 0. The van der Waals surface area contributed by atoms with Gasteiger partial charge < -0.3 is 10.1 Å². The van der Waals surface area contributed by atoms with Gasteiger partial charge in [0.05, 0.1) is 0 Å². The van der Waals surface area contributed by atoms with Crippen molar-refractivity contribution in [1.82, 2.24) is 5.32 Å². The van der Waals surface area contributed by atoms with Crippen LogP contribution in [-0.2, 0) is 4.74 Å². The maximum Gasteiger partial charge on any atom is 0.0494 e. The molecular weight excluding hydrogens is 186 g/mol. The lowest BCUT2D eigenvalue weighted by atomic mass is 9.90. The molecule has 0 heterocycles. The second kappa shape index (κ2) is 9.17. The average Bonchev–Trinajstić information content (AvgIpc) is 2.29. The minimum absolute atomic E-state index is 0.863. The van der Waals surface area contributed by atoms with Crippen molar-refractivity contribution in [2.45, 2.75) is 51.9 Å². The van der Waals surface area contributed by atoms with E-state index in [0.29, 0.717) is 0 Å². The highest BCUT2D eigenvalue weighted by molar-refractivity contribution is 4.64. The summed E-state index contributed by atoms with van der Waals surface area (Å²) in [6.45, 7) is 6.40. The first-order chi connectivity index (χ1) is 7.43. The van der Waals surface area contributed by atoms with Crippen molar-refractivity contribution in [3.8, 4) is 0 Å². The summed E-state index contributed by atoms with van der Waals surface area (Å²) < 4.78 is 5.71. The largest absolute Gasteiger partial charge is 0.381 e. The summed E-state index contributed by atoms with van der Waals surface area (Å²) in [5.74, 6) is 0.863. The highest BCUT2D eigenvalue weighted by atomic mass is 16.5. The highest BCUT2D eigenvalue weighted by Gasteiger charge is 2.12. The van der Waals surface area contributed by atoms with Crippen molar-refractivity contribution in [2.24, 2.45) is 5.92 Å². The summed E-state index contributed by atoms with van der Waals surface area (Å²) in [5, 5.41) is 3.39. The molecule has 1 aliphatic carbocycles. The normalized spacial score (nSPS) is 18.2. The van der Waals surface area contributed by atoms with Crippen LogP contribution in [0.15, 0.2) is 0 Å². The summed E-state index contributed by atoms with van der Waals surface area (Å²) in [5.41, 5.74) is 0. The lowest BCUT2D eigenvalue weighted by Crippen LogP contribution is -2.19. The number of ether oxygens (including phenoxy) is 1. The molecule has 1 rings (SSSR count). The summed E-state index contributed by atoms with van der Waals surface area (Å²) in [6.07, 6.45) is 9.47. The zero-order chi connectivity index (χ0) is 10.8. The van der Waals surface area contributed by atoms with Crippen LogP contribution in [0.5, 0.6) is 0 Å². The van der Waals surface area contributed by atoms with E-state index in [-0.39, 0.29) is 0 Å². The third-order valence-electron chi connectivity index (χ3n) is 3.15. The second-order valence-electron chi connectivity index (χ2n) is 4.68. The number of hydrogen-bond acceptors (Lipinski definition) is 2. The second-order valence-corrected chi connectivity index (χ2v) is 4.68. The molecular formula is C13H27NO. The molecule has 1 saturated carbocycles. The fourth-order valence-electron chi connectivity index (χ4n) is 2.20. The van der Waals surface area contributed by atoms with Crippen LogP contribution in [0.4, 0.5) is 0 Å². The Hall–Kier alpha value is -0.0800. The molecule has 1 fully saturated rings. The maximum absolute atomic E-state index is 5.71. The van der Waals surface area contributed by atoms with E-state index >= 15 is 0 Å². The van der Waals surface area contributed by atoms with Crippen molar-refractivity contribution >= 4 is 0 Å². The van der Waals surface area contributed by atoms with Crippen LogP contribution in [0.2, 0.25) is 0 Å². The van der Waals surface area contributed by atoms with Gasteiger partial charge in [0.2, 0.25) is 0 Å². The quantitative estimate of drug-likeness (QED) is 0.626. The minimum atomic E-state index is 0.863. The Kier molecular flexibility index (Phi) is 7.94. The van der Waals surface area contributed by atoms with Crippen molar-refractivity contribution in [1.29, 1.82) is 0 Å². The van der Waals surface area contributed by atoms with Crippen molar-refractivity contribution in [3.63, 3.8) is 0 Å². The van der Waals surface area contributed by atoms with Crippen LogP contribution in [0.3, 0.4) is 0 Å². The number of nitrogens with one attached hydrogen (secondary N) is 1. The summed E-state index contributed by atoms with van der Waals surface area (Å²) >= 11 is 0. The van der Waals surface area contributed by atoms with E-state index < -0.39 is 0 Å². The predicted octanol–water partition coefficient (Wildman–Crippen LogP) is 2.97. The topological polar surface area (TPSA) is 21.3 Å². The van der Waals surface area contributed by atoms with Crippen molar-refractivity contribution in [3.05, 3.63) is 0 Å². The van der Waals surface area contributed by atoms with E-state index in [1.54, 1.807) is 0 Å². The van der Waals surface area contributed by atoms with Gasteiger partial charge in [-0.15, -0.1) is 0 Å². The molecule has 0 unspecified atom stereocenters. The first kappa shape index (κ1) is 13.0. The van der Waals surface area contributed by atoms with E-state index in [1.165, 1.54) is 38.5 Å². The molecule has 0 aromatic heterocycles. The molecule has 0 atom stereocenters. The van der Waals surface area contributed by atoms with E-state index in [2.05, 4.69) is 12.2 Å². The molecule has 1 N–H and O–H groups in total. The lowest BCUT2D eigenvalue weighted by molar-refractivity contribution is 0.0837. The van der Waals surface area contributed by atoms with Gasteiger partial charge in [0.15, 0.2) is 0 Å². The summed E-state index contributed by atoms with van der Waals surface area (Å²) in [4.78, 5) is 0. The zero-order valence-electron chi connectivity index (χ0n) is 10.3. The SMILES string of the molecule is CCCNCCCOCC1CCCCC1. The summed E-state index contributed by atoms with van der Waals surface area (Å²) in [7, 11) is 0. The molecule has 0 radical (unpaired) electrons. The van der Waals surface area contributed by atoms with E-state index in [4.69, 9.17) is 4.74 Å². The Bertz CT molecular complexity index is 132. The molecule has 0 amide bonds. The van der Waals surface area contributed by atoms with Gasteiger partial charge in [-0.2, -0.15) is 0 Å².